The Bertz CT molecular complexity index is 984. The van der Waals surface area contributed by atoms with Crippen LogP contribution in [0, 0.1) is 0 Å². The number of hydrogen-bond acceptors (Lipinski definition) is 0. The van der Waals surface area contributed by atoms with Crippen LogP contribution in [0.2, 0.25) is 0 Å². The molecule has 0 unspecified atom stereocenters. The van der Waals surface area contributed by atoms with Crippen LogP contribution < -0.4 is 14.3 Å². The number of rotatable bonds is 0. The van der Waals surface area contributed by atoms with Crippen molar-refractivity contribution in [2.75, 3.05) is 0 Å². The first-order valence-corrected chi connectivity index (χ1v) is 9.81. The third-order valence-electron chi connectivity index (χ3n) is 4.43. The van der Waals surface area contributed by atoms with E-state index in [9.17, 15) is 0 Å². The first-order valence-electron chi connectivity index (χ1n) is 8.12. The van der Waals surface area contributed by atoms with E-state index < -0.39 is 13.7 Å². The molecule has 0 atom stereocenters. The summed E-state index contributed by atoms with van der Waals surface area (Å²) in [5.41, 5.74) is 4.95. The maximum absolute atomic E-state index is 2.43. The van der Waals surface area contributed by atoms with Crippen molar-refractivity contribution >= 4 is 0 Å². The summed E-state index contributed by atoms with van der Waals surface area (Å²) in [4.78, 5) is 0. The molecule has 25 heavy (non-hydrogen) atoms. The van der Waals surface area contributed by atoms with Gasteiger partial charge < -0.3 is 0 Å². The van der Waals surface area contributed by atoms with E-state index in [0.717, 1.165) is 0 Å². The van der Waals surface area contributed by atoms with E-state index in [1.165, 1.54) is 22.8 Å². The van der Waals surface area contributed by atoms with Crippen molar-refractivity contribution in [3.05, 3.63) is 97.6 Å². The van der Waals surface area contributed by atoms with E-state index in [-0.39, 0.29) is 0 Å². The van der Waals surface area contributed by atoms with Crippen molar-refractivity contribution in [3.8, 4) is 22.8 Å². The fourth-order valence-corrected chi connectivity index (χ4v) is 7.76. The fourth-order valence-electron chi connectivity index (χ4n) is 3.44. The summed E-state index contributed by atoms with van der Waals surface area (Å²) in [6.45, 7) is 0. The van der Waals surface area contributed by atoms with Crippen LogP contribution in [0.1, 0.15) is 0 Å². The second-order valence-corrected chi connectivity index (χ2v) is 8.75. The molecule has 4 aromatic rings. The average molecular weight is 376 g/mol. The van der Waals surface area contributed by atoms with Gasteiger partial charge in [-0.25, -0.2) is 0 Å². The van der Waals surface area contributed by atoms with Crippen molar-refractivity contribution in [2.24, 2.45) is 0 Å². The topological polar surface area (TPSA) is 15.5 Å². The van der Waals surface area contributed by atoms with Gasteiger partial charge in [0, 0.05) is 0 Å². The van der Waals surface area contributed by atoms with Crippen LogP contribution in [-0.2, 0) is 13.7 Å². The van der Waals surface area contributed by atoms with Gasteiger partial charge in [0.1, 0.15) is 0 Å². The predicted octanol–water partition coefficient (Wildman–Crippen LogP) is 1.10. The summed E-state index contributed by atoms with van der Waals surface area (Å²) in [6.07, 6.45) is 8.81. The van der Waals surface area contributed by atoms with Gasteiger partial charge in [0.25, 0.3) is 0 Å². The molecule has 0 saturated heterocycles. The zero-order valence-electron chi connectivity index (χ0n) is 13.3. The second-order valence-electron chi connectivity index (χ2n) is 5.80. The molecule has 2 aliphatic rings. The van der Waals surface area contributed by atoms with Gasteiger partial charge in [0.15, 0.2) is 0 Å². The summed E-state index contributed by atoms with van der Waals surface area (Å²) in [5.74, 6) is 0. The van der Waals surface area contributed by atoms with Gasteiger partial charge in [-0.05, 0) is 0 Å². The van der Waals surface area contributed by atoms with Gasteiger partial charge >= 0.3 is 148 Å². The maximum atomic E-state index is 2.43. The molecule has 123 valence electrons. The summed E-state index contributed by atoms with van der Waals surface area (Å²) >= 11 is -1.62. The van der Waals surface area contributed by atoms with Crippen molar-refractivity contribution in [1.29, 1.82) is 0 Å². The fraction of sp³-hybridized carbons (Fsp3) is 0. The average Bonchev–Trinajstić information content (AvgIpc) is 3.16. The molecule has 0 fully saturated rings. The van der Waals surface area contributed by atoms with Crippen LogP contribution in [0.15, 0.2) is 97.6 Å². The van der Waals surface area contributed by atoms with Gasteiger partial charge in [-0.15, -0.1) is 0 Å². The molecule has 0 N–H and O–H groups in total. The molecule has 0 aliphatic carbocycles. The number of nitrogens with zero attached hydrogens (tertiary/aromatic N) is 4. The third-order valence-corrected chi connectivity index (χ3v) is 8.34. The predicted molar refractivity (Wildman–Crippen MR) is 86.1 cm³/mol. The molecule has 2 aliphatic heterocycles. The Morgan fingerprint density at radius 2 is 0.680 bits per heavy atom. The second kappa shape index (κ2) is 4.60. The molecule has 0 saturated carbocycles. The van der Waals surface area contributed by atoms with E-state index in [0.29, 0.717) is 0 Å². The van der Waals surface area contributed by atoms with Crippen molar-refractivity contribution in [2.45, 2.75) is 0 Å². The number of aromatic nitrogens is 4. The molecule has 4 aromatic heterocycles. The van der Waals surface area contributed by atoms with E-state index in [2.05, 4.69) is 112 Å². The Kier molecular flexibility index (Phi) is 2.47. The molecule has 0 aromatic carbocycles. The van der Waals surface area contributed by atoms with Gasteiger partial charge in [-0.2, -0.15) is 0 Å². The first kappa shape index (κ1) is 13.4. The van der Waals surface area contributed by atoms with Crippen molar-refractivity contribution < 1.29 is 28.1 Å². The van der Waals surface area contributed by atoms with Gasteiger partial charge in [-0.3, -0.25) is 0 Å². The van der Waals surface area contributed by atoms with Crippen LogP contribution in [0.5, 0.6) is 0 Å². The Hall–Kier alpha value is -2.88. The molecule has 5 heteroatoms. The van der Waals surface area contributed by atoms with Gasteiger partial charge in [-0.1, -0.05) is 0 Å². The standard InChI is InChI=1S/2C10H8N2.Cu/c2*1-3-7-11-9(5-1)10-6-2-4-8-12-10;/h2*1-8H;/q;;+4. The molecular formula is C20H16CuN4+4. The molecule has 0 radical (unpaired) electrons. The van der Waals surface area contributed by atoms with Crippen LogP contribution in [0.3, 0.4) is 0 Å². The number of hydrogen-bond donors (Lipinski definition) is 0. The van der Waals surface area contributed by atoms with Crippen LogP contribution in [0.4, 0.5) is 0 Å². The molecule has 1 spiro atoms. The monoisotopic (exact) mass is 375 g/mol. The Balaban J connectivity index is 1.89. The minimum atomic E-state index is -1.62. The zero-order chi connectivity index (χ0) is 16.4. The SMILES string of the molecule is c1cc[n+]2c(c1)-c1cccc[n+]1[Cu]21[n+]2ccccc2-c2cccc[n+]21. The minimum absolute atomic E-state index is 1.24. The summed E-state index contributed by atoms with van der Waals surface area (Å²) in [5, 5.41) is 0. The molecule has 0 bridgehead atoms. The van der Waals surface area contributed by atoms with Gasteiger partial charge in [0.2, 0.25) is 0 Å². The van der Waals surface area contributed by atoms with E-state index in [4.69, 9.17) is 0 Å². The van der Waals surface area contributed by atoms with Crippen LogP contribution in [-0.4, -0.2) is 0 Å². The van der Waals surface area contributed by atoms with Gasteiger partial charge in [0.05, 0.1) is 0 Å². The normalized spacial score (nSPS) is 16.0. The van der Waals surface area contributed by atoms with E-state index in [1.54, 1.807) is 0 Å². The van der Waals surface area contributed by atoms with Crippen molar-refractivity contribution in [1.82, 2.24) is 0 Å². The molecule has 6 rings (SSSR count). The van der Waals surface area contributed by atoms with E-state index in [1.807, 2.05) is 0 Å². The van der Waals surface area contributed by atoms with Crippen LogP contribution >= 0.6 is 0 Å². The molecule has 0 amide bonds. The Morgan fingerprint density at radius 3 is 0.960 bits per heavy atom. The zero-order valence-corrected chi connectivity index (χ0v) is 14.3. The molecule has 6 heterocycles. The van der Waals surface area contributed by atoms with E-state index >= 15 is 0 Å². The molecule has 4 nitrogen and oxygen atoms in total. The molecular weight excluding hydrogens is 360 g/mol. The Morgan fingerprint density at radius 1 is 0.400 bits per heavy atom. The third kappa shape index (κ3) is 1.44. The quantitative estimate of drug-likeness (QED) is 0.353. The summed E-state index contributed by atoms with van der Waals surface area (Å²) in [7, 11) is 0. The first-order chi connectivity index (χ1) is 12.4. The Labute approximate surface area is 148 Å². The van der Waals surface area contributed by atoms with Crippen molar-refractivity contribution in [3.63, 3.8) is 0 Å². The summed E-state index contributed by atoms with van der Waals surface area (Å²) in [6, 6.07) is 25.8. The van der Waals surface area contributed by atoms with Crippen LogP contribution in [0.25, 0.3) is 22.8 Å². The summed E-state index contributed by atoms with van der Waals surface area (Å²) < 4.78 is 9.71. The number of pyridine rings is 4. The number of fused-ring (bicyclic) bond motifs is 10.